The van der Waals surface area contributed by atoms with E-state index in [1.807, 2.05) is 24.3 Å². The Hall–Kier alpha value is -2.60. The highest BCUT2D eigenvalue weighted by Gasteiger charge is 2.35. The van der Waals surface area contributed by atoms with Gasteiger partial charge in [-0.25, -0.2) is 4.39 Å². The number of hydrogen-bond acceptors (Lipinski definition) is 3. The molecule has 0 spiro atoms. The lowest BCUT2D eigenvalue weighted by atomic mass is 10.2. The summed E-state index contributed by atoms with van der Waals surface area (Å²) in [5.74, 6) is 1.04. The Kier molecular flexibility index (Phi) is 6.29. The van der Waals surface area contributed by atoms with Crippen LogP contribution in [0.3, 0.4) is 0 Å². The Bertz CT molecular complexity index is 793. The third-order valence-corrected chi connectivity index (χ3v) is 4.86. The van der Waals surface area contributed by atoms with Crippen molar-refractivity contribution in [1.29, 1.82) is 0 Å². The minimum atomic E-state index is -0.207. The molecule has 1 fully saturated rings. The first kappa shape index (κ1) is 19.2. The summed E-state index contributed by atoms with van der Waals surface area (Å²) in [4.78, 5) is 13.5. The van der Waals surface area contributed by atoms with E-state index < -0.39 is 0 Å². The second-order valence-electron chi connectivity index (χ2n) is 6.84. The van der Waals surface area contributed by atoms with Crippen molar-refractivity contribution in [2.75, 3.05) is 20.8 Å². The topological polar surface area (TPSA) is 52.0 Å². The van der Waals surface area contributed by atoms with Crippen LogP contribution in [0.1, 0.15) is 24.0 Å². The number of methoxy groups -OCH3 is 2. The van der Waals surface area contributed by atoms with Crippen LogP contribution in [0.5, 0.6) is 11.5 Å². The molecule has 6 heteroatoms. The number of carbonyl (C=O) groups is 1. The van der Waals surface area contributed by atoms with Crippen LogP contribution in [-0.2, 0) is 17.9 Å². The average molecular weight is 373 g/mol. The van der Waals surface area contributed by atoms with Gasteiger partial charge < -0.3 is 19.7 Å². The molecule has 1 unspecified atom stereocenters. The van der Waals surface area contributed by atoms with Gasteiger partial charge in [-0.1, -0.05) is 24.3 Å². The smallest absolute Gasteiger partial charge is 0.275 e. The van der Waals surface area contributed by atoms with E-state index in [9.17, 15) is 9.18 Å². The molecule has 0 heterocycles. The standard InChI is InChI=1S/C21H25FN2O3/c1-26-19-10-7-15(11-20(19)27-2)12-23-21(25)14-24(17-8-9-17)13-16-5-3-4-6-18(16)22/h3-7,10-11,17H,8-9,12-14H2,1-2H3,(H,23,25)/p+1. The monoisotopic (exact) mass is 373 g/mol. The summed E-state index contributed by atoms with van der Waals surface area (Å²) >= 11 is 0. The second-order valence-corrected chi connectivity index (χ2v) is 6.84. The zero-order chi connectivity index (χ0) is 19.2. The number of quaternary nitrogens is 1. The zero-order valence-corrected chi connectivity index (χ0v) is 15.8. The Morgan fingerprint density at radius 2 is 1.89 bits per heavy atom. The number of halogens is 1. The highest BCUT2D eigenvalue weighted by molar-refractivity contribution is 5.76. The van der Waals surface area contributed by atoms with E-state index in [1.54, 1.807) is 26.4 Å². The summed E-state index contributed by atoms with van der Waals surface area (Å²) in [6.45, 7) is 1.28. The molecule has 3 rings (SSSR count). The molecule has 27 heavy (non-hydrogen) atoms. The van der Waals surface area contributed by atoms with Crippen molar-refractivity contribution in [3.63, 3.8) is 0 Å². The first-order chi connectivity index (χ1) is 13.1. The number of carbonyl (C=O) groups excluding carboxylic acids is 1. The molecule has 0 saturated heterocycles. The summed E-state index contributed by atoms with van der Waals surface area (Å²) in [6, 6.07) is 12.8. The molecule has 1 aliphatic carbocycles. The molecule has 144 valence electrons. The van der Waals surface area contributed by atoms with Gasteiger partial charge in [-0.05, 0) is 23.8 Å². The molecule has 0 aromatic heterocycles. The van der Waals surface area contributed by atoms with Gasteiger partial charge in [0.1, 0.15) is 12.4 Å². The molecule has 2 aromatic rings. The molecule has 5 nitrogen and oxygen atoms in total. The van der Waals surface area contributed by atoms with Gasteiger partial charge in [0.25, 0.3) is 5.91 Å². The van der Waals surface area contributed by atoms with E-state index in [4.69, 9.17) is 9.47 Å². The third-order valence-electron chi connectivity index (χ3n) is 4.86. The molecular formula is C21H26FN2O3+. The van der Waals surface area contributed by atoms with Gasteiger partial charge >= 0.3 is 0 Å². The van der Waals surface area contributed by atoms with Crippen LogP contribution in [0.15, 0.2) is 42.5 Å². The second kappa shape index (κ2) is 8.86. The fourth-order valence-corrected chi connectivity index (χ4v) is 3.19. The first-order valence-corrected chi connectivity index (χ1v) is 9.16. The van der Waals surface area contributed by atoms with Gasteiger partial charge in [-0.3, -0.25) is 4.79 Å². The van der Waals surface area contributed by atoms with Crippen LogP contribution in [0, 0.1) is 5.82 Å². The van der Waals surface area contributed by atoms with Gasteiger partial charge in [0, 0.05) is 24.9 Å². The summed E-state index contributed by atoms with van der Waals surface area (Å²) in [5.41, 5.74) is 1.59. The molecule has 1 atom stereocenters. The maximum Gasteiger partial charge on any atom is 0.275 e. The lowest BCUT2D eigenvalue weighted by Gasteiger charge is -2.19. The van der Waals surface area contributed by atoms with Crippen molar-refractivity contribution < 1.29 is 23.6 Å². The van der Waals surface area contributed by atoms with Gasteiger partial charge in [0.05, 0.1) is 20.3 Å². The largest absolute Gasteiger partial charge is 0.493 e. The molecule has 1 aliphatic rings. The highest BCUT2D eigenvalue weighted by Crippen LogP contribution is 2.27. The molecule has 1 saturated carbocycles. The van der Waals surface area contributed by atoms with Crippen molar-refractivity contribution in [3.8, 4) is 11.5 Å². The molecule has 2 aromatic carbocycles. The minimum Gasteiger partial charge on any atom is -0.493 e. The zero-order valence-electron chi connectivity index (χ0n) is 15.8. The molecular weight excluding hydrogens is 347 g/mol. The average Bonchev–Trinajstić information content (AvgIpc) is 3.52. The van der Waals surface area contributed by atoms with Crippen molar-refractivity contribution in [3.05, 3.63) is 59.4 Å². The van der Waals surface area contributed by atoms with Crippen LogP contribution < -0.4 is 19.7 Å². The number of hydrogen-bond donors (Lipinski definition) is 2. The van der Waals surface area contributed by atoms with Gasteiger partial charge in [-0.2, -0.15) is 0 Å². The molecule has 2 N–H and O–H groups in total. The summed E-state index contributed by atoms with van der Waals surface area (Å²) in [5, 5.41) is 2.95. The van der Waals surface area contributed by atoms with E-state index in [0.29, 0.717) is 42.7 Å². The SMILES string of the molecule is COc1ccc(CNC(=O)C[NH+](Cc2ccccc2F)C2CC2)cc1OC. The van der Waals surface area contributed by atoms with Crippen molar-refractivity contribution >= 4 is 5.91 Å². The number of nitrogens with one attached hydrogen (secondary N) is 2. The van der Waals surface area contributed by atoms with Crippen LogP contribution in [0.2, 0.25) is 0 Å². The summed E-state index contributed by atoms with van der Waals surface area (Å²) in [7, 11) is 3.17. The Balaban J connectivity index is 1.56. The quantitative estimate of drug-likeness (QED) is 0.704. The van der Waals surface area contributed by atoms with Gasteiger partial charge in [0.15, 0.2) is 18.0 Å². The fraction of sp³-hybridized carbons (Fsp3) is 0.381. The summed E-state index contributed by atoms with van der Waals surface area (Å²) in [6.07, 6.45) is 2.18. The van der Waals surface area contributed by atoms with Crippen LogP contribution in [0.25, 0.3) is 0 Å². The molecule has 0 radical (unpaired) electrons. The molecule has 1 amide bonds. The summed E-state index contributed by atoms with van der Waals surface area (Å²) < 4.78 is 24.4. The van der Waals surface area contributed by atoms with E-state index in [0.717, 1.165) is 23.3 Å². The predicted molar refractivity (Wildman–Crippen MR) is 100 cm³/mol. The Morgan fingerprint density at radius 1 is 1.15 bits per heavy atom. The number of benzene rings is 2. The number of rotatable bonds is 9. The van der Waals surface area contributed by atoms with Crippen molar-refractivity contribution in [1.82, 2.24) is 5.32 Å². The lowest BCUT2D eigenvalue weighted by Crippen LogP contribution is -3.13. The molecule has 0 aliphatic heterocycles. The number of amides is 1. The Labute approximate surface area is 159 Å². The van der Waals surface area contributed by atoms with Crippen molar-refractivity contribution in [2.45, 2.75) is 32.0 Å². The fourth-order valence-electron chi connectivity index (χ4n) is 3.19. The lowest BCUT2D eigenvalue weighted by molar-refractivity contribution is -0.917. The van der Waals surface area contributed by atoms with E-state index in [-0.39, 0.29) is 11.7 Å². The third kappa shape index (κ3) is 5.20. The van der Waals surface area contributed by atoms with Crippen molar-refractivity contribution in [2.24, 2.45) is 0 Å². The maximum atomic E-state index is 13.9. The minimum absolute atomic E-state index is 0.0389. The van der Waals surface area contributed by atoms with Crippen LogP contribution in [0.4, 0.5) is 4.39 Å². The highest BCUT2D eigenvalue weighted by atomic mass is 19.1. The molecule has 0 bridgehead atoms. The number of ether oxygens (including phenoxy) is 2. The maximum absolute atomic E-state index is 13.9. The van der Waals surface area contributed by atoms with Gasteiger partial charge in [-0.15, -0.1) is 0 Å². The normalized spacial score (nSPS) is 14.5. The van der Waals surface area contributed by atoms with E-state index in [2.05, 4.69) is 5.32 Å². The van der Waals surface area contributed by atoms with Crippen LogP contribution in [-0.4, -0.2) is 32.7 Å². The Morgan fingerprint density at radius 3 is 2.56 bits per heavy atom. The van der Waals surface area contributed by atoms with E-state index in [1.165, 1.54) is 6.07 Å². The predicted octanol–water partition coefficient (Wildman–Crippen LogP) is 1.71. The first-order valence-electron chi connectivity index (χ1n) is 9.16. The van der Waals surface area contributed by atoms with E-state index >= 15 is 0 Å². The van der Waals surface area contributed by atoms with Crippen LogP contribution >= 0.6 is 0 Å². The van der Waals surface area contributed by atoms with Gasteiger partial charge in [0.2, 0.25) is 0 Å².